The lowest BCUT2D eigenvalue weighted by Gasteiger charge is -2.54. The van der Waals surface area contributed by atoms with Crippen LogP contribution in [0.5, 0.6) is 5.75 Å². The molecule has 1 saturated heterocycles. The molecular formula is C23H36N2O5S. The zero-order valence-electron chi connectivity index (χ0n) is 19.2. The lowest BCUT2D eigenvalue weighted by Crippen LogP contribution is -2.77. The third kappa shape index (κ3) is 5.72. The molecule has 7 nitrogen and oxygen atoms in total. The van der Waals surface area contributed by atoms with E-state index in [9.17, 15) is 4.79 Å². The first-order valence-corrected chi connectivity index (χ1v) is 12.3. The quantitative estimate of drug-likeness (QED) is 0.355. The topological polar surface area (TPSA) is 70.1 Å². The van der Waals surface area contributed by atoms with Gasteiger partial charge in [0, 0.05) is 44.4 Å². The fourth-order valence-electron chi connectivity index (χ4n) is 4.46. The zero-order valence-corrected chi connectivity index (χ0v) is 20.0. The number of carbonyl (C=O) groups excluding carboxylic acids is 1. The number of β-lactam (4-membered cyclic amide) rings is 1. The molecule has 2 aliphatic rings. The lowest BCUT2D eigenvalue weighted by molar-refractivity contribution is -0.229. The maximum atomic E-state index is 13.2. The van der Waals surface area contributed by atoms with Gasteiger partial charge in [0.15, 0.2) is 5.60 Å². The van der Waals surface area contributed by atoms with Crippen LogP contribution in [0.15, 0.2) is 18.3 Å². The van der Waals surface area contributed by atoms with Crippen LogP contribution in [0.2, 0.25) is 0 Å². The van der Waals surface area contributed by atoms with Gasteiger partial charge >= 0.3 is 0 Å². The molecule has 0 spiro atoms. The number of hydrogen-bond donors (Lipinski definition) is 0. The Morgan fingerprint density at radius 2 is 2.00 bits per heavy atom. The van der Waals surface area contributed by atoms with Crippen molar-refractivity contribution in [1.29, 1.82) is 0 Å². The molecule has 1 aromatic rings. The number of carbonyl (C=O) groups is 1. The summed E-state index contributed by atoms with van der Waals surface area (Å²) in [5.74, 6) is 3.25. The summed E-state index contributed by atoms with van der Waals surface area (Å²) in [5.41, 5.74) is -0.211. The molecule has 1 aliphatic heterocycles. The highest BCUT2D eigenvalue weighted by Crippen LogP contribution is 2.39. The van der Waals surface area contributed by atoms with Gasteiger partial charge in [-0.05, 0) is 43.4 Å². The van der Waals surface area contributed by atoms with Gasteiger partial charge in [-0.1, -0.05) is 13.8 Å². The first-order valence-electron chi connectivity index (χ1n) is 11.2. The third-order valence-corrected chi connectivity index (χ3v) is 7.18. The number of nitrogens with zero attached hydrogens (tertiary/aromatic N) is 2. The summed E-state index contributed by atoms with van der Waals surface area (Å²) < 4.78 is 22.7. The van der Waals surface area contributed by atoms with Crippen molar-refractivity contribution in [2.75, 3.05) is 39.2 Å². The minimum absolute atomic E-state index is 0.0519. The van der Waals surface area contributed by atoms with Crippen LogP contribution in [0.1, 0.15) is 45.2 Å². The minimum atomic E-state index is -0.997. The number of rotatable bonds is 12. The van der Waals surface area contributed by atoms with Crippen LogP contribution >= 0.6 is 11.8 Å². The molecule has 1 amide bonds. The largest absolute Gasteiger partial charge is 0.490 e. The molecule has 0 N–H and O–H groups in total. The van der Waals surface area contributed by atoms with E-state index in [2.05, 4.69) is 18.8 Å². The number of likely N-dealkylation sites (tertiary alicyclic amines) is 1. The molecule has 2 fully saturated rings. The summed E-state index contributed by atoms with van der Waals surface area (Å²) in [6, 6.07) is 3.74. The predicted octanol–water partition coefficient (Wildman–Crippen LogP) is 3.51. The summed E-state index contributed by atoms with van der Waals surface area (Å²) in [6.45, 7) is 4.71. The van der Waals surface area contributed by atoms with Crippen molar-refractivity contribution in [2.24, 2.45) is 5.92 Å². The molecule has 1 aliphatic carbocycles. The van der Waals surface area contributed by atoms with Crippen LogP contribution in [0.4, 0.5) is 0 Å². The molecule has 0 bridgehead atoms. The Morgan fingerprint density at radius 1 is 1.23 bits per heavy atom. The number of aromatic nitrogens is 1. The van der Waals surface area contributed by atoms with Crippen LogP contribution in [0, 0.1) is 5.92 Å². The maximum Gasteiger partial charge on any atom is 0.259 e. The van der Waals surface area contributed by atoms with Gasteiger partial charge in [-0.25, -0.2) is 0 Å². The van der Waals surface area contributed by atoms with E-state index >= 15 is 0 Å². The van der Waals surface area contributed by atoms with E-state index in [-0.39, 0.29) is 31.6 Å². The van der Waals surface area contributed by atoms with Crippen molar-refractivity contribution in [2.45, 2.75) is 63.7 Å². The highest BCUT2D eigenvalue weighted by molar-refractivity contribution is 7.99. The molecule has 2 atom stereocenters. The van der Waals surface area contributed by atoms with Crippen molar-refractivity contribution in [3.8, 4) is 5.75 Å². The van der Waals surface area contributed by atoms with Crippen LogP contribution < -0.4 is 4.74 Å². The van der Waals surface area contributed by atoms with E-state index in [4.69, 9.17) is 18.9 Å². The molecule has 174 valence electrons. The number of hydrogen-bond acceptors (Lipinski definition) is 7. The Kier molecular flexibility index (Phi) is 9.01. The summed E-state index contributed by atoms with van der Waals surface area (Å²) in [4.78, 5) is 19.5. The van der Waals surface area contributed by atoms with Crippen LogP contribution in [-0.4, -0.2) is 72.8 Å². The van der Waals surface area contributed by atoms with Gasteiger partial charge in [-0.3, -0.25) is 9.78 Å². The van der Waals surface area contributed by atoms with E-state index < -0.39 is 5.60 Å². The van der Waals surface area contributed by atoms with E-state index in [1.54, 1.807) is 37.1 Å². The molecule has 2 heterocycles. The minimum Gasteiger partial charge on any atom is -0.490 e. The first kappa shape index (κ1) is 24.3. The fraction of sp³-hybridized carbons (Fsp3) is 0.739. The van der Waals surface area contributed by atoms with Gasteiger partial charge < -0.3 is 23.8 Å². The Morgan fingerprint density at radius 3 is 2.68 bits per heavy atom. The molecule has 1 aromatic heterocycles. The van der Waals surface area contributed by atoms with Crippen molar-refractivity contribution in [1.82, 2.24) is 9.88 Å². The van der Waals surface area contributed by atoms with Crippen LogP contribution in [-0.2, 0) is 25.4 Å². The molecule has 1 saturated carbocycles. The van der Waals surface area contributed by atoms with Crippen molar-refractivity contribution < 1.29 is 23.7 Å². The summed E-state index contributed by atoms with van der Waals surface area (Å²) in [7, 11) is 3.17. The van der Waals surface area contributed by atoms with Crippen molar-refractivity contribution in [3.63, 3.8) is 0 Å². The number of pyridine rings is 1. The molecule has 0 aromatic carbocycles. The Bertz CT molecular complexity index is 713. The summed E-state index contributed by atoms with van der Waals surface area (Å²) in [5, 5.41) is 0. The lowest BCUT2D eigenvalue weighted by atomic mass is 9.79. The Labute approximate surface area is 190 Å². The normalized spacial score (nSPS) is 28.5. The van der Waals surface area contributed by atoms with Crippen molar-refractivity contribution >= 4 is 17.7 Å². The third-order valence-electron chi connectivity index (χ3n) is 6.22. The molecule has 0 radical (unpaired) electrons. The standard InChI is InChI=1S/C23H36N2O5S/c1-5-31-14-21-23(29-16-28-4,22(26)25(21)15-27-3)13-18-12-20(10-11-24-18)30-19-8-6-17(2)7-9-19/h10-12,17,19,21H,5-9,13-16H2,1-4H3/t17-,19-,21-,23+/m0/s1. The SMILES string of the molecule is CCSC[C@@H]1N(COC)C(=O)[C@]1(Cc1cc(O[C@H]2CC[C@H](C)CC2)ccn1)OCOC. The van der Waals surface area contributed by atoms with Crippen LogP contribution in [0.25, 0.3) is 0 Å². The first-order chi connectivity index (χ1) is 15.0. The Hall–Kier alpha value is -1.35. The average molecular weight is 453 g/mol. The van der Waals surface area contributed by atoms with E-state index in [0.717, 1.165) is 41.7 Å². The number of thioether (sulfide) groups is 1. The summed E-state index contributed by atoms with van der Waals surface area (Å²) in [6.07, 6.45) is 6.96. The number of methoxy groups -OCH3 is 2. The van der Waals surface area contributed by atoms with Gasteiger partial charge in [0.25, 0.3) is 5.91 Å². The van der Waals surface area contributed by atoms with Gasteiger partial charge in [-0.2, -0.15) is 11.8 Å². The molecule has 8 heteroatoms. The maximum absolute atomic E-state index is 13.2. The smallest absolute Gasteiger partial charge is 0.259 e. The number of amides is 1. The predicted molar refractivity (Wildman–Crippen MR) is 121 cm³/mol. The zero-order chi connectivity index (χ0) is 22.3. The monoisotopic (exact) mass is 452 g/mol. The van der Waals surface area contributed by atoms with Crippen LogP contribution in [0.3, 0.4) is 0 Å². The average Bonchev–Trinajstić information content (AvgIpc) is 2.78. The highest BCUT2D eigenvalue weighted by Gasteiger charge is 2.61. The highest BCUT2D eigenvalue weighted by atomic mass is 32.2. The van der Waals surface area contributed by atoms with Gasteiger partial charge in [0.2, 0.25) is 0 Å². The molecule has 3 rings (SSSR count). The van der Waals surface area contributed by atoms with Crippen molar-refractivity contribution in [3.05, 3.63) is 24.0 Å². The van der Waals surface area contributed by atoms with Gasteiger partial charge in [0.1, 0.15) is 19.3 Å². The van der Waals surface area contributed by atoms with E-state index in [1.807, 2.05) is 12.1 Å². The second-order valence-corrected chi connectivity index (χ2v) is 9.79. The van der Waals surface area contributed by atoms with Gasteiger partial charge in [0.05, 0.1) is 12.1 Å². The Balaban J connectivity index is 1.76. The second kappa shape index (κ2) is 11.5. The van der Waals surface area contributed by atoms with E-state index in [0.29, 0.717) is 6.42 Å². The second-order valence-electron chi connectivity index (χ2n) is 8.47. The molecule has 31 heavy (non-hydrogen) atoms. The van der Waals surface area contributed by atoms with E-state index in [1.165, 1.54) is 12.8 Å². The molecule has 0 unspecified atom stereocenters. The van der Waals surface area contributed by atoms with Gasteiger partial charge in [-0.15, -0.1) is 0 Å². The summed E-state index contributed by atoms with van der Waals surface area (Å²) >= 11 is 1.78. The molecular weight excluding hydrogens is 416 g/mol. The fourth-order valence-corrected chi connectivity index (χ4v) is 5.36. The number of ether oxygens (including phenoxy) is 4.